The standard InChI is InChI=1S/C15H14N2O2/c1-10-2-4-13(17-9-10)11-3-5-14-12(8-11)15(18)16-6-7-19-14/h2-5,8-9H,6-7H2,1H3,(H,16,18). The van der Waals surface area contributed by atoms with Crippen molar-refractivity contribution in [3.63, 3.8) is 0 Å². The predicted octanol–water partition coefficient (Wildman–Crippen LogP) is 2.18. The van der Waals surface area contributed by atoms with Gasteiger partial charge in [-0.3, -0.25) is 9.78 Å². The number of hydrogen-bond acceptors (Lipinski definition) is 3. The molecule has 0 saturated carbocycles. The zero-order valence-electron chi connectivity index (χ0n) is 10.6. The van der Waals surface area contributed by atoms with Crippen molar-refractivity contribution in [1.29, 1.82) is 0 Å². The van der Waals surface area contributed by atoms with Gasteiger partial charge in [-0.15, -0.1) is 0 Å². The number of carbonyl (C=O) groups is 1. The van der Waals surface area contributed by atoms with E-state index >= 15 is 0 Å². The van der Waals surface area contributed by atoms with Crippen molar-refractivity contribution in [2.45, 2.75) is 6.92 Å². The summed E-state index contributed by atoms with van der Waals surface area (Å²) in [6.45, 7) is 3.03. The van der Waals surface area contributed by atoms with Gasteiger partial charge in [-0.05, 0) is 36.8 Å². The molecule has 3 rings (SSSR count). The first-order valence-electron chi connectivity index (χ1n) is 6.22. The van der Waals surface area contributed by atoms with E-state index in [-0.39, 0.29) is 5.91 Å². The minimum atomic E-state index is -0.0959. The number of nitrogens with one attached hydrogen (secondary N) is 1. The molecule has 2 heterocycles. The third-order valence-corrected chi connectivity index (χ3v) is 3.08. The molecule has 1 amide bonds. The summed E-state index contributed by atoms with van der Waals surface area (Å²) in [4.78, 5) is 16.3. The molecule has 19 heavy (non-hydrogen) atoms. The van der Waals surface area contributed by atoms with Crippen LogP contribution >= 0.6 is 0 Å². The van der Waals surface area contributed by atoms with Crippen LogP contribution in [0.25, 0.3) is 11.3 Å². The summed E-state index contributed by atoms with van der Waals surface area (Å²) in [6.07, 6.45) is 1.82. The first-order chi connectivity index (χ1) is 9.24. The van der Waals surface area contributed by atoms with Crippen LogP contribution in [0, 0.1) is 6.92 Å². The Morgan fingerprint density at radius 3 is 2.95 bits per heavy atom. The molecule has 0 saturated heterocycles. The number of rotatable bonds is 1. The number of hydrogen-bond donors (Lipinski definition) is 1. The number of amides is 1. The average Bonchev–Trinajstić information content (AvgIpc) is 2.62. The fourth-order valence-corrected chi connectivity index (χ4v) is 2.05. The van der Waals surface area contributed by atoms with Crippen molar-refractivity contribution in [2.75, 3.05) is 13.2 Å². The molecule has 1 N–H and O–H groups in total. The molecule has 0 radical (unpaired) electrons. The number of aryl methyl sites for hydroxylation is 1. The molecule has 2 aromatic rings. The Hall–Kier alpha value is -2.36. The summed E-state index contributed by atoms with van der Waals surface area (Å²) in [6, 6.07) is 9.54. The molecule has 0 spiro atoms. The summed E-state index contributed by atoms with van der Waals surface area (Å²) < 4.78 is 5.53. The van der Waals surface area contributed by atoms with Gasteiger partial charge in [-0.1, -0.05) is 6.07 Å². The number of ether oxygens (including phenoxy) is 1. The molecule has 1 aliphatic rings. The van der Waals surface area contributed by atoms with Crippen LogP contribution in [0.15, 0.2) is 36.5 Å². The third-order valence-electron chi connectivity index (χ3n) is 3.08. The highest BCUT2D eigenvalue weighted by Gasteiger charge is 2.17. The van der Waals surface area contributed by atoms with Crippen molar-refractivity contribution < 1.29 is 9.53 Å². The van der Waals surface area contributed by atoms with E-state index in [9.17, 15) is 4.79 Å². The van der Waals surface area contributed by atoms with E-state index in [4.69, 9.17) is 4.74 Å². The molecule has 0 aliphatic carbocycles. The lowest BCUT2D eigenvalue weighted by atomic mass is 10.1. The van der Waals surface area contributed by atoms with Gasteiger partial charge in [0, 0.05) is 11.8 Å². The second-order valence-electron chi connectivity index (χ2n) is 4.54. The maximum atomic E-state index is 11.9. The van der Waals surface area contributed by atoms with Gasteiger partial charge in [0.25, 0.3) is 5.91 Å². The molecule has 0 fully saturated rings. The van der Waals surface area contributed by atoms with Gasteiger partial charge in [0.05, 0.1) is 17.8 Å². The zero-order valence-corrected chi connectivity index (χ0v) is 10.6. The van der Waals surface area contributed by atoms with Crippen LogP contribution in [-0.4, -0.2) is 24.0 Å². The minimum Gasteiger partial charge on any atom is -0.491 e. The lowest BCUT2D eigenvalue weighted by Gasteiger charge is -2.08. The molecule has 96 valence electrons. The Morgan fingerprint density at radius 1 is 1.26 bits per heavy atom. The van der Waals surface area contributed by atoms with E-state index in [1.807, 2.05) is 43.5 Å². The molecular weight excluding hydrogens is 240 g/mol. The summed E-state index contributed by atoms with van der Waals surface area (Å²) >= 11 is 0. The highest BCUT2D eigenvalue weighted by Crippen LogP contribution is 2.26. The largest absolute Gasteiger partial charge is 0.491 e. The molecule has 4 nitrogen and oxygen atoms in total. The fourth-order valence-electron chi connectivity index (χ4n) is 2.05. The van der Waals surface area contributed by atoms with Crippen molar-refractivity contribution in [2.24, 2.45) is 0 Å². The zero-order chi connectivity index (χ0) is 13.2. The number of pyridine rings is 1. The second kappa shape index (κ2) is 4.72. The van der Waals surface area contributed by atoms with E-state index < -0.39 is 0 Å². The Kier molecular flexibility index (Phi) is 2.91. The average molecular weight is 254 g/mol. The lowest BCUT2D eigenvalue weighted by molar-refractivity contribution is 0.0957. The molecule has 0 atom stereocenters. The first-order valence-corrected chi connectivity index (χ1v) is 6.22. The number of benzene rings is 1. The molecule has 4 heteroatoms. The van der Waals surface area contributed by atoms with Gasteiger partial charge >= 0.3 is 0 Å². The molecule has 1 aromatic carbocycles. The van der Waals surface area contributed by atoms with Crippen molar-refractivity contribution in [1.82, 2.24) is 10.3 Å². The van der Waals surface area contributed by atoms with Crippen molar-refractivity contribution >= 4 is 5.91 Å². The van der Waals surface area contributed by atoms with E-state index in [1.165, 1.54) is 0 Å². The maximum absolute atomic E-state index is 11.9. The highest BCUT2D eigenvalue weighted by atomic mass is 16.5. The van der Waals surface area contributed by atoms with Gasteiger partial charge in [0.1, 0.15) is 12.4 Å². The number of nitrogens with zero attached hydrogens (tertiary/aromatic N) is 1. The smallest absolute Gasteiger partial charge is 0.255 e. The third kappa shape index (κ3) is 2.29. The first kappa shape index (κ1) is 11.7. The van der Waals surface area contributed by atoms with E-state index in [0.29, 0.717) is 24.5 Å². The molecule has 0 bridgehead atoms. The summed E-state index contributed by atoms with van der Waals surface area (Å²) in [7, 11) is 0. The molecule has 1 aromatic heterocycles. The van der Waals surface area contributed by atoms with Crippen LogP contribution in [0.2, 0.25) is 0 Å². The normalized spacial score (nSPS) is 14.1. The Labute approximate surface area is 111 Å². The van der Waals surface area contributed by atoms with Crippen LogP contribution in [0.3, 0.4) is 0 Å². The SMILES string of the molecule is Cc1ccc(-c2ccc3c(c2)C(=O)NCCO3)nc1. The monoisotopic (exact) mass is 254 g/mol. The van der Waals surface area contributed by atoms with Crippen LogP contribution in [0.1, 0.15) is 15.9 Å². The van der Waals surface area contributed by atoms with Crippen LogP contribution < -0.4 is 10.1 Å². The van der Waals surface area contributed by atoms with E-state index in [1.54, 1.807) is 0 Å². The van der Waals surface area contributed by atoms with E-state index in [2.05, 4.69) is 10.3 Å². The predicted molar refractivity (Wildman–Crippen MR) is 72.2 cm³/mol. The number of carbonyl (C=O) groups excluding carboxylic acids is 1. The Balaban J connectivity index is 2.05. The quantitative estimate of drug-likeness (QED) is 0.848. The molecular formula is C15H14N2O2. The van der Waals surface area contributed by atoms with Crippen molar-refractivity contribution in [3.8, 4) is 17.0 Å². The lowest BCUT2D eigenvalue weighted by Crippen LogP contribution is -2.24. The van der Waals surface area contributed by atoms with Crippen LogP contribution in [0.4, 0.5) is 0 Å². The van der Waals surface area contributed by atoms with Crippen LogP contribution in [0.5, 0.6) is 5.75 Å². The van der Waals surface area contributed by atoms with E-state index in [0.717, 1.165) is 16.8 Å². The molecule has 1 aliphatic heterocycles. The number of aromatic nitrogens is 1. The minimum absolute atomic E-state index is 0.0959. The van der Waals surface area contributed by atoms with Gasteiger partial charge in [-0.2, -0.15) is 0 Å². The Bertz CT molecular complexity index is 621. The van der Waals surface area contributed by atoms with Gasteiger partial charge in [0.15, 0.2) is 0 Å². The fraction of sp³-hybridized carbons (Fsp3) is 0.200. The number of fused-ring (bicyclic) bond motifs is 1. The highest BCUT2D eigenvalue weighted by molar-refractivity contribution is 5.98. The second-order valence-corrected chi connectivity index (χ2v) is 4.54. The van der Waals surface area contributed by atoms with Gasteiger partial charge in [0.2, 0.25) is 0 Å². The van der Waals surface area contributed by atoms with Gasteiger partial charge < -0.3 is 10.1 Å². The van der Waals surface area contributed by atoms with Crippen LogP contribution in [-0.2, 0) is 0 Å². The van der Waals surface area contributed by atoms with Gasteiger partial charge in [-0.25, -0.2) is 0 Å². The Morgan fingerprint density at radius 2 is 2.16 bits per heavy atom. The van der Waals surface area contributed by atoms with Crippen molar-refractivity contribution in [3.05, 3.63) is 47.7 Å². The summed E-state index contributed by atoms with van der Waals surface area (Å²) in [5, 5.41) is 2.80. The summed E-state index contributed by atoms with van der Waals surface area (Å²) in [5.74, 6) is 0.535. The summed E-state index contributed by atoms with van der Waals surface area (Å²) in [5.41, 5.74) is 3.45. The maximum Gasteiger partial charge on any atom is 0.255 e. The molecule has 0 unspecified atom stereocenters. The topological polar surface area (TPSA) is 51.2 Å².